The molecule has 2 aromatic carbocycles. The zero-order chi connectivity index (χ0) is 17.5. The third-order valence-corrected chi connectivity index (χ3v) is 4.37. The Morgan fingerprint density at radius 2 is 1.76 bits per heavy atom. The molecule has 0 spiro atoms. The minimum Gasteiger partial charge on any atom is -0.378 e. The van der Waals surface area contributed by atoms with E-state index in [1.807, 2.05) is 55.6 Å². The number of anilines is 2. The van der Waals surface area contributed by atoms with Crippen molar-refractivity contribution in [3.63, 3.8) is 0 Å². The number of rotatable bonds is 6. The number of likely N-dealkylation sites (N-methyl/N-ethyl adjacent to an activating group) is 1. The van der Waals surface area contributed by atoms with Crippen molar-refractivity contribution >= 4 is 17.3 Å². The van der Waals surface area contributed by atoms with Crippen molar-refractivity contribution in [3.8, 4) is 0 Å². The smallest absolute Gasteiger partial charge is 0.241 e. The maximum Gasteiger partial charge on any atom is 0.241 e. The third-order valence-electron chi connectivity index (χ3n) is 4.37. The molecule has 1 amide bonds. The number of hydrogen-bond acceptors (Lipinski definition) is 4. The van der Waals surface area contributed by atoms with E-state index in [0.29, 0.717) is 6.54 Å². The van der Waals surface area contributed by atoms with Gasteiger partial charge in [0.1, 0.15) is 0 Å². The molecule has 0 bridgehead atoms. The van der Waals surface area contributed by atoms with Crippen LogP contribution in [0.4, 0.5) is 11.4 Å². The number of hydrogen-bond donors (Lipinski definition) is 1. The number of nitrogens with zero attached hydrogens (tertiary/aromatic N) is 2. The van der Waals surface area contributed by atoms with Crippen LogP contribution in [0.25, 0.3) is 0 Å². The van der Waals surface area contributed by atoms with Gasteiger partial charge in [0, 0.05) is 26.7 Å². The van der Waals surface area contributed by atoms with E-state index in [2.05, 4.69) is 16.3 Å². The van der Waals surface area contributed by atoms with Crippen LogP contribution in [-0.2, 0) is 16.1 Å². The van der Waals surface area contributed by atoms with Crippen LogP contribution in [0.15, 0.2) is 54.6 Å². The summed E-state index contributed by atoms with van der Waals surface area (Å²) in [4.78, 5) is 16.5. The molecule has 25 heavy (non-hydrogen) atoms. The summed E-state index contributed by atoms with van der Waals surface area (Å²) in [5, 5.41) is 3.30. The zero-order valence-electron chi connectivity index (χ0n) is 14.6. The lowest BCUT2D eigenvalue weighted by molar-refractivity contribution is -0.128. The zero-order valence-corrected chi connectivity index (χ0v) is 14.6. The fourth-order valence-electron chi connectivity index (χ4n) is 2.95. The average Bonchev–Trinajstić information content (AvgIpc) is 2.68. The van der Waals surface area contributed by atoms with Crippen molar-refractivity contribution < 1.29 is 9.53 Å². The van der Waals surface area contributed by atoms with E-state index in [1.54, 1.807) is 4.90 Å². The summed E-state index contributed by atoms with van der Waals surface area (Å²) in [5.74, 6) is 0.0700. The largest absolute Gasteiger partial charge is 0.378 e. The maximum absolute atomic E-state index is 12.4. The number of amides is 1. The second-order valence-corrected chi connectivity index (χ2v) is 6.21. The van der Waals surface area contributed by atoms with E-state index in [4.69, 9.17) is 4.74 Å². The van der Waals surface area contributed by atoms with Gasteiger partial charge in [-0.2, -0.15) is 0 Å². The molecule has 0 saturated carbocycles. The molecule has 5 nitrogen and oxygen atoms in total. The van der Waals surface area contributed by atoms with E-state index in [0.717, 1.165) is 43.2 Å². The van der Waals surface area contributed by atoms with Gasteiger partial charge >= 0.3 is 0 Å². The molecule has 1 aliphatic heterocycles. The molecule has 132 valence electrons. The molecule has 0 aliphatic carbocycles. The molecule has 1 N–H and O–H groups in total. The monoisotopic (exact) mass is 339 g/mol. The number of para-hydroxylation sites is 2. The Balaban J connectivity index is 1.58. The van der Waals surface area contributed by atoms with Gasteiger partial charge in [0.15, 0.2) is 0 Å². The van der Waals surface area contributed by atoms with Gasteiger partial charge < -0.3 is 19.9 Å². The molecule has 1 saturated heterocycles. The second kappa shape index (κ2) is 8.53. The molecule has 1 heterocycles. The van der Waals surface area contributed by atoms with Crippen molar-refractivity contribution in [1.29, 1.82) is 0 Å². The molecule has 0 radical (unpaired) electrons. The van der Waals surface area contributed by atoms with Gasteiger partial charge in [0.05, 0.1) is 31.1 Å². The van der Waals surface area contributed by atoms with E-state index in [-0.39, 0.29) is 12.5 Å². The second-order valence-electron chi connectivity index (χ2n) is 6.21. The lowest BCUT2D eigenvalue weighted by Gasteiger charge is -2.30. The first-order valence-corrected chi connectivity index (χ1v) is 8.67. The highest BCUT2D eigenvalue weighted by Crippen LogP contribution is 2.26. The van der Waals surface area contributed by atoms with E-state index < -0.39 is 0 Å². The highest BCUT2D eigenvalue weighted by molar-refractivity contribution is 5.82. The summed E-state index contributed by atoms with van der Waals surface area (Å²) in [6.45, 7) is 4.14. The van der Waals surface area contributed by atoms with E-state index in [1.165, 1.54) is 0 Å². The first-order valence-electron chi connectivity index (χ1n) is 8.67. The Bertz CT molecular complexity index is 684. The van der Waals surface area contributed by atoms with Gasteiger partial charge in [-0.3, -0.25) is 4.79 Å². The minimum absolute atomic E-state index is 0.0700. The molecule has 5 heteroatoms. The van der Waals surface area contributed by atoms with Crippen molar-refractivity contribution in [2.24, 2.45) is 0 Å². The summed E-state index contributed by atoms with van der Waals surface area (Å²) in [6, 6.07) is 18.2. The van der Waals surface area contributed by atoms with Crippen molar-refractivity contribution in [2.75, 3.05) is 50.1 Å². The first-order chi connectivity index (χ1) is 12.2. The Hall–Kier alpha value is -2.53. The molecule has 1 fully saturated rings. The van der Waals surface area contributed by atoms with Gasteiger partial charge in [0.25, 0.3) is 0 Å². The van der Waals surface area contributed by atoms with Crippen LogP contribution in [0.1, 0.15) is 5.56 Å². The standard InChI is InChI=1S/C20H25N3O2/c1-22(16-17-7-3-2-4-8-17)20(24)15-21-18-9-5-6-10-19(18)23-11-13-25-14-12-23/h2-10,21H,11-16H2,1H3. The van der Waals surface area contributed by atoms with Crippen molar-refractivity contribution in [2.45, 2.75) is 6.54 Å². The van der Waals surface area contributed by atoms with Gasteiger partial charge in [-0.05, 0) is 17.7 Å². The molecule has 0 aromatic heterocycles. The number of nitrogens with one attached hydrogen (secondary N) is 1. The lowest BCUT2D eigenvalue weighted by atomic mass is 10.2. The highest BCUT2D eigenvalue weighted by atomic mass is 16.5. The Labute approximate surface area is 149 Å². The fraction of sp³-hybridized carbons (Fsp3) is 0.350. The maximum atomic E-state index is 12.4. The molecular weight excluding hydrogens is 314 g/mol. The molecule has 0 unspecified atom stereocenters. The first kappa shape index (κ1) is 17.3. The van der Waals surface area contributed by atoms with Gasteiger partial charge in [0.2, 0.25) is 5.91 Å². The predicted octanol–water partition coefficient (Wildman–Crippen LogP) is 2.59. The topological polar surface area (TPSA) is 44.8 Å². The van der Waals surface area contributed by atoms with Gasteiger partial charge in [-0.1, -0.05) is 42.5 Å². The summed E-state index contributed by atoms with van der Waals surface area (Å²) in [6.07, 6.45) is 0. The van der Waals surface area contributed by atoms with Crippen LogP contribution in [0.3, 0.4) is 0 Å². The third kappa shape index (κ3) is 4.73. The van der Waals surface area contributed by atoms with Crippen LogP contribution < -0.4 is 10.2 Å². The highest BCUT2D eigenvalue weighted by Gasteiger charge is 2.15. The SMILES string of the molecule is CN(Cc1ccccc1)C(=O)CNc1ccccc1N1CCOCC1. The molecule has 0 atom stereocenters. The molecule has 3 rings (SSSR count). The van der Waals surface area contributed by atoms with Crippen LogP contribution in [-0.4, -0.2) is 50.7 Å². The summed E-state index contributed by atoms with van der Waals surface area (Å²) in [7, 11) is 1.84. The molecular formula is C20H25N3O2. The average molecular weight is 339 g/mol. The Morgan fingerprint density at radius 1 is 1.08 bits per heavy atom. The number of carbonyl (C=O) groups excluding carboxylic acids is 1. The van der Waals surface area contributed by atoms with Gasteiger partial charge in [-0.15, -0.1) is 0 Å². The van der Waals surface area contributed by atoms with Crippen LogP contribution in [0.5, 0.6) is 0 Å². The number of carbonyl (C=O) groups is 1. The number of ether oxygens (including phenoxy) is 1. The quantitative estimate of drug-likeness (QED) is 0.879. The Morgan fingerprint density at radius 3 is 2.52 bits per heavy atom. The predicted molar refractivity (Wildman–Crippen MR) is 101 cm³/mol. The van der Waals surface area contributed by atoms with Crippen molar-refractivity contribution in [3.05, 3.63) is 60.2 Å². The summed E-state index contributed by atoms with van der Waals surface area (Å²) < 4.78 is 5.42. The minimum atomic E-state index is 0.0700. The summed E-state index contributed by atoms with van der Waals surface area (Å²) >= 11 is 0. The van der Waals surface area contributed by atoms with Crippen LogP contribution >= 0.6 is 0 Å². The normalized spacial score (nSPS) is 14.2. The van der Waals surface area contributed by atoms with Crippen LogP contribution in [0, 0.1) is 0 Å². The fourth-order valence-corrected chi connectivity index (χ4v) is 2.95. The molecule has 1 aliphatic rings. The summed E-state index contributed by atoms with van der Waals surface area (Å²) in [5.41, 5.74) is 3.25. The van der Waals surface area contributed by atoms with Gasteiger partial charge in [-0.25, -0.2) is 0 Å². The number of morpholine rings is 1. The van der Waals surface area contributed by atoms with Crippen LogP contribution in [0.2, 0.25) is 0 Å². The lowest BCUT2D eigenvalue weighted by Crippen LogP contribution is -2.37. The molecule has 2 aromatic rings. The van der Waals surface area contributed by atoms with Crippen molar-refractivity contribution in [1.82, 2.24) is 4.90 Å². The van der Waals surface area contributed by atoms with E-state index in [9.17, 15) is 4.79 Å². The van der Waals surface area contributed by atoms with E-state index >= 15 is 0 Å². The Kier molecular flexibility index (Phi) is 5.90. The number of benzene rings is 2.